The van der Waals surface area contributed by atoms with Crippen molar-refractivity contribution in [2.45, 2.75) is 0 Å². The Morgan fingerprint density at radius 2 is 1.67 bits per heavy atom. The Balaban J connectivity index is 2.26. The Labute approximate surface area is 106 Å². The molecule has 0 saturated carbocycles. The van der Waals surface area contributed by atoms with Crippen molar-refractivity contribution in [1.82, 2.24) is 0 Å². The summed E-state index contributed by atoms with van der Waals surface area (Å²) in [6, 6.07) is 6.95. The van der Waals surface area contributed by atoms with Crippen molar-refractivity contribution in [1.29, 1.82) is 0 Å². The molecule has 0 unspecified atom stereocenters. The number of rotatable bonds is 8. The van der Waals surface area contributed by atoms with E-state index in [0.29, 0.717) is 11.5 Å². The van der Waals surface area contributed by atoms with Crippen molar-refractivity contribution >= 4 is 5.97 Å². The minimum Gasteiger partial charge on any atom is -0.491 e. The summed E-state index contributed by atoms with van der Waals surface area (Å²) in [6.45, 7) is 3.97. The first kappa shape index (κ1) is 14.1. The van der Waals surface area contributed by atoms with Crippen molar-refractivity contribution in [2.24, 2.45) is 0 Å². The summed E-state index contributed by atoms with van der Waals surface area (Å²) in [5.74, 6) is 0.849. The molecule has 0 heterocycles. The zero-order chi connectivity index (χ0) is 13.2. The fraction of sp³-hybridized carbons (Fsp3) is 0.308. The van der Waals surface area contributed by atoms with Gasteiger partial charge in [-0.2, -0.15) is 0 Å². The molecule has 1 aromatic rings. The van der Waals surface area contributed by atoms with E-state index >= 15 is 0 Å². The standard InChI is InChI=1S/C13H16O5/c1-2-13(15)18-10-9-17-12-5-3-11(4-6-12)16-8-7-14/h2-6,14H,1,7-10H2. The second-order valence-corrected chi connectivity index (χ2v) is 3.26. The molecule has 0 radical (unpaired) electrons. The SMILES string of the molecule is C=CC(=O)OCCOc1ccc(OCCO)cc1. The van der Waals surface area contributed by atoms with Gasteiger partial charge in [-0.3, -0.25) is 0 Å². The van der Waals surface area contributed by atoms with Gasteiger partial charge < -0.3 is 19.3 Å². The first-order valence-corrected chi connectivity index (χ1v) is 5.52. The Morgan fingerprint density at radius 1 is 1.11 bits per heavy atom. The number of ether oxygens (including phenoxy) is 3. The Kier molecular flexibility index (Phi) is 6.35. The van der Waals surface area contributed by atoms with Crippen LogP contribution < -0.4 is 9.47 Å². The van der Waals surface area contributed by atoms with Crippen LogP contribution in [0.25, 0.3) is 0 Å². The van der Waals surface area contributed by atoms with E-state index in [1.807, 2.05) is 0 Å². The number of hydrogen-bond donors (Lipinski definition) is 1. The highest BCUT2D eigenvalue weighted by Crippen LogP contribution is 2.17. The zero-order valence-corrected chi connectivity index (χ0v) is 10.0. The van der Waals surface area contributed by atoms with Gasteiger partial charge in [0.05, 0.1) is 6.61 Å². The molecule has 0 bridgehead atoms. The van der Waals surface area contributed by atoms with E-state index in [1.165, 1.54) is 0 Å². The van der Waals surface area contributed by atoms with Gasteiger partial charge in [0.15, 0.2) is 0 Å². The molecular formula is C13H16O5. The van der Waals surface area contributed by atoms with Gasteiger partial charge in [0.1, 0.15) is 31.3 Å². The number of carbonyl (C=O) groups excluding carboxylic acids is 1. The Morgan fingerprint density at radius 3 is 2.17 bits per heavy atom. The summed E-state index contributed by atoms with van der Waals surface area (Å²) < 4.78 is 15.3. The van der Waals surface area contributed by atoms with Crippen LogP contribution in [0.5, 0.6) is 11.5 Å². The quantitative estimate of drug-likeness (QED) is 0.427. The van der Waals surface area contributed by atoms with Crippen molar-refractivity contribution in [3.8, 4) is 11.5 Å². The van der Waals surface area contributed by atoms with Crippen LogP contribution in [0.1, 0.15) is 0 Å². The van der Waals surface area contributed by atoms with Crippen LogP contribution in [0.4, 0.5) is 0 Å². The third-order valence-electron chi connectivity index (χ3n) is 1.95. The number of aliphatic hydroxyl groups is 1. The fourth-order valence-corrected chi connectivity index (χ4v) is 1.16. The van der Waals surface area contributed by atoms with Crippen LogP contribution in [0.2, 0.25) is 0 Å². The first-order valence-electron chi connectivity index (χ1n) is 5.52. The second-order valence-electron chi connectivity index (χ2n) is 3.26. The molecule has 18 heavy (non-hydrogen) atoms. The van der Waals surface area contributed by atoms with E-state index < -0.39 is 5.97 Å². The highest BCUT2D eigenvalue weighted by molar-refractivity contribution is 5.81. The van der Waals surface area contributed by atoms with E-state index in [2.05, 4.69) is 6.58 Å². The van der Waals surface area contributed by atoms with Gasteiger partial charge in [0.25, 0.3) is 0 Å². The molecule has 5 nitrogen and oxygen atoms in total. The van der Waals surface area contributed by atoms with Gasteiger partial charge in [-0.15, -0.1) is 0 Å². The smallest absolute Gasteiger partial charge is 0.330 e. The normalized spacial score (nSPS) is 9.61. The van der Waals surface area contributed by atoms with Gasteiger partial charge in [-0.25, -0.2) is 4.79 Å². The van der Waals surface area contributed by atoms with Gasteiger partial charge in [-0.1, -0.05) is 6.58 Å². The van der Waals surface area contributed by atoms with Crippen LogP contribution in [0.3, 0.4) is 0 Å². The molecule has 0 amide bonds. The van der Waals surface area contributed by atoms with Crippen molar-refractivity contribution in [3.63, 3.8) is 0 Å². The average molecular weight is 252 g/mol. The summed E-state index contributed by atoms with van der Waals surface area (Å²) >= 11 is 0. The van der Waals surface area contributed by atoms with Gasteiger partial charge >= 0.3 is 5.97 Å². The van der Waals surface area contributed by atoms with E-state index in [9.17, 15) is 4.79 Å². The first-order chi connectivity index (χ1) is 8.76. The maximum absolute atomic E-state index is 10.7. The van der Waals surface area contributed by atoms with E-state index in [4.69, 9.17) is 19.3 Å². The molecule has 98 valence electrons. The lowest BCUT2D eigenvalue weighted by atomic mass is 10.3. The predicted molar refractivity (Wildman–Crippen MR) is 65.7 cm³/mol. The number of aliphatic hydroxyl groups excluding tert-OH is 1. The van der Waals surface area contributed by atoms with Crippen LogP contribution in [0, 0.1) is 0 Å². The Bertz CT molecular complexity index is 371. The summed E-state index contributed by atoms with van der Waals surface area (Å²) in [6.07, 6.45) is 1.10. The van der Waals surface area contributed by atoms with Crippen LogP contribution in [0.15, 0.2) is 36.9 Å². The van der Waals surface area contributed by atoms with Gasteiger partial charge in [-0.05, 0) is 24.3 Å². The lowest BCUT2D eigenvalue weighted by Gasteiger charge is -2.08. The third-order valence-corrected chi connectivity index (χ3v) is 1.95. The van der Waals surface area contributed by atoms with E-state index in [-0.39, 0.29) is 26.4 Å². The van der Waals surface area contributed by atoms with Crippen LogP contribution in [-0.4, -0.2) is 37.5 Å². The minimum absolute atomic E-state index is 0.0209. The topological polar surface area (TPSA) is 65.0 Å². The maximum Gasteiger partial charge on any atom is 0.330 e. The minimum atomic E-state index is -0.466. The molecule has 0 aliphatic heterocycles. The number of benzene rings is 1. The predicted octanol–water partition coefficient (Wildman–Crippen LogP) is 1.17. The molecule has 1 aromatic carbocycles. The molecule has 0 fully saturated rings. The zero-order valence-electron chi connectivity index (χ0n) is 10.0. The molecule has 0 saturated heterocycles. The summed E-state index contributed by atoms with van der Waals surface area (Å²) in [7, 11) is 0. The molecule has 1 N–H and O–H groups in total. The highest BCUT2D eigenvalue weighted by atomic mass is 16.6. The lowest BCUT2D eigenvalue weighted by Crippen LogP contribution is -2.10. The lowest BCUT2D eigenvalue weighted by molar-refractivity contribution is -0.138. The molecule has 1 rings (SSSR count). The second kappa shape index (κ2) is 8.14. The van der Waals surface area contributed by atoms with Crippen molar-refractivity contribution in [3.05, 3.63) is 36.9 Å². The summed E-state index contributed by atoms with van der Waals surface area (Å²) in [4.78, 5) is 10.7. The van der Waals surface area contributed by atoms with Crippen molar-refractivity contribution < 1.29 is 24.1 Å². The van der Waals surface area contributed by atoms with E-state index in [1.54, 1.807) is 24.3 Å². The maximum atomic E-state index is 10.7. The fourth-order valence-electron chi connectivity index (χ4n) is 1.16. The molecule has 0 aliphatic carbocycles. The molecule has 0 aliphatic rings. The monoisotopic (exact) mass is 252 g/mol. The molecule has 5 heteroatoms. The van der Waals surface area contributed by atoms with Gasteiger partial charge in [0.2, 0.25) is 0 Å². The highest BCUT2D eigenvalue weighted by Gasteiger charge is 1.98. The summed E-state index contributed by atoms with van der Waals surface area (Å²) in [5.41, 5.74) is 0. The third kappa shape index (κ3) is 5.36. The van der Waals surface area contributed by atoms with Crippen LogP contribution >= 0.6 is 0 Å². The molecular weight excluding hydrogens is 236 g/mol. The number of esters is 1. The largest absolute Gasteiger partial charge is 0.491 e. The number of hydrogen-bond acceptors (Lipinski definition) is 5. The van der Waals surface area contributed by atoms with Gasteiger partial charge in [0, 0.05) is 6.08 Å². The molecule has 0 atom stereocenters. The molecule has 0 spiro atoms. The number of carbonyl (C=O) groups is 1. The average Bonchev–Trinajstić information content (AvgIpc) is 2.42. The molecule has 0 aromatic heterocycles. The summed E-state index contributed by atoms with van der Waals surface area (Å²) in [5, 5.41) is 8.59. The van der Waals surface area contributed by atoms with Crippen molar-refractivity contribution in [2.75, 3.05) is 26.4 Å². The Hall–Kier alpha value is -2.01. The van der Waals surface area contributed by atoms with E-state index in [0.717, 1.165) is 6.08 Å². The van der Waals surface area contributed by atoms with Crippen LogP contribution in [-0.2, 0) is 9.53 Å².